The number of nitrogens with one attached hydrogen (secondary N) is 1. The van der Waals surface area contributed by atoms with Crippen molar-refractivity contribution in [2.45, 2.75) is 19.4 Å². The minimum atomic E-state index is -3.37. The molecule has 5 nitrogen and oxygen atoms in total. The van der Waals surface area contributed by atoms with E-state index in [1.807, 2.05) is 12.1 Å². The Morgan fingerprint density at radius 2 is 1.62 bits per heavy atom. The third-order valence-corrected chi connectivity index (χ3v) is 5.78. The Balaban J connectivity index is 1.56. The second-order valence-electron chi connectivity index (χ2n) is 6.15. The number of carboxylic acid groups (broad SMARTS) is 1. The van der Waals surface area contributed by atoms with Crippen molar-refractivity contribution in [3.63, 3.8) is 0 Å². The van der Waals surface area contributed by atoms with Gasteiger partial charge in [-0.2, -0.15) is 0 Å². The van der Waals surface area contributed by atoms with E-state index in [1.54, 1.807) is 12.1 Å². The molecule has 1 aliphatic rings. The fourth-order valence-electron chi connectivity index (χ4n) is 3.10. The minimum Gasteiger partial charge on any atom is -0.478 e. The van der Waals surface area contributed by atoms with Crippen molar-refractivity contribution in [2.75, 3.05) is 5.75 Å². The van der Waals surface area contributed by atoms with Gasteiger partial charge in [0.2, 0.25) is 10.0 Å². The van der Waals surface area contributed by atoms with Gasteiger partial charge < -0.3 is 5.11 Å². The van der Waals surface area contributed by atoms with Crippen LogP contribution in [-0.2, 0) is 29.4 Å². The van der Waals surface area contributed by atoms with Crippen molar-refractivity contribution in [1.82, 2.24) is 4.72 Å². The fourth-order valence-corrected chi connectivity index (χ4v) is 4.46. The number of aromatic carboxylic acids is 1. The average Bonchev–Trinajstić information content (AvgIpc) is 2.94. The van der Waals surface area contributed by atoms with Gasteiger partial charge in [0.1, 0.15) is 0 Å². The molecular formula is C18H19NO4S. The maximum absolute atomic E-state index is 12.3. The van der Waals surface area contributed by atoms with Crippen molar-refractivity contribution < 1.29 is 18.3 Å². The van der Waals surface area contributed by atoms with E-state index >= 15 is 0 Å². The molecule has 6 heteroatoms. The summed E-state index contributed by atoms with van der Waals surface area (Å²) in [6.45, 7) is 0.169. The monoisotopic (exact) mass is 345 g/mol. The predicted octanol–water partition coefficient (Wildman–Crippen LogP) is 2.22. The summed E-state index contributed by atoms with van der Waals surface area (Å²) in [5.74, 6) is -0.785. The normalized spacial score (nSPS) is 14.5. The van der Waals surface area contributed by atoms with E-state index in [1.165, 1.54) is 23.3 Å². The van der Waals surface area contributed by atoms with Gasteiger partial charge in [-0.05, 0) is 47.6 Å². The summed E-state index contributed by atoms with van der Waals surface area (Å²) in [5, 5.41) is 8.86. The van der Waals surface area contributed by atoms with Gasteiger partial charge in [-0.25, -0.2) is 17.9 Å². The topological polar surface area (TPSA) is 83.5 Å². The van der Waals surface area contributed by atoms with Gasteiger partial charge in [0.05, 0.1) is 11.3 Å². The van der Waals surface area contributed by atoms with Crippen LogP contribution in [-0.4, -0.2) is 25.2 Å². The van der Waals surface area contributed by atoms with Crippen molar-refractivity contribution >= 4 is 16.0 Å². The number of hydrogen-bond acceptors (Lipinski definition) is 3. The number of hydrogen-bond donors (Lipinski definition) is 2. The second-order valence-corrected chi connectivity index (χ2v) is 8.00. The van der Waals surface area contributed by atoms with Gasteiger partial charge in [-0.3, -0.25) is 0 Å². The number of sulfonamides is 1. The molecule has 0 aliphatic heterocycles. The van der Waals surface area contributed by atoms with Crippen LogP contribution in [0.4, 0.5) is 0 Å². The highest BCUT2D eigenvalue weighted by molar-refractivity contribution is 7.89. The summed E-state index contributed by atoms with van der Waals surface area (Å²) in [4.78, 5) is 10.8. The Hall–Kier alpha value is -2.18. The first-order valence-electron chi connectivity index (χ1n) is 7.79. The molecule has 24 heavy (non-hydrogen) atoms. The van der Waals surface area contributed by atoms with Crippen LogP contribution in [0.1, 0.15) is 27.0 Å². The summed E-state index contributed by atoms with van der Waals surface area (Å²) in [6, 6.07) is 14.3. The van der Waals surface area contributed by atoms with Crippen LogP contribution in [0.25, 0.3) is 0 Å². The molecule has 0 bridgehead atoms. The predicted molar refractivity (Wildman–Crippen MR) is 91.4 cm³/mol. The zero-order chi connectivity index (χ0) is 17.2. The maximum atomic E-state index is 12.3. The van der Waals surface area contributed by atoms with Crippen molar-refractivity contribution in [3.8, 4) is 0 Å². The van der Waals surface area contributed by atoms with Gasteiger partial charge in [0, 0.05) is 6.54 Å². The van der Waals surface area contributed by atoms with E-state index in [0.717, 1.165) is 18.4 Å². The Bertz CT molecular complexity index is 819. The standard InChI is InChI=1S/C18H19NO4S/c20-18(21)15-7-5-13(6-8-15)11-19-24(22,23)12-14-9-16-3-1-2-4-17(16)10-14/h1-8,14,19H,9-12H2,(H,20,21). The third-order valence-electron chi connectivity index (χ3n) is 4.29. The Kier molecular flexibility index (Phi) is 4.69. The lowest BCUT2D eigenvalue weighted by atomic mass is 10.1. The van der Waals surface area contributed by atoms with Gasteiger partial charge in [-0.1, -0.05) is 36.4 Å². The summed E-state index contributed by atoms with van der Waals surface area (Å²) < 4.78 is 27.2. The molecule has 0 saturated heterocycles. The van der Waals surface area contributed by atoms with Gasteiger partial charge in [0.15, 0.2) is 0 Å². The van der Waals surface area contributed by atoms with E-state index in [-0.39, 0.29) is 23.8 Å². The number of benzene rings is 2. The Morgan fingerprint density at radius 1 is 1.04 bits per heavy atom. The van der Waals surface area contributed by atoms with Crippen LogP contribution >= 0.6 is 0 Å². The van der Waals surface area contributed by atoms with Crippen molar-refractivity contribution in [3.05, 3.63) is 70.8 Å². The molecule has 0 fully saturated rings. The van der Waals surface area contributed by atoms with Crippen LogP contribution < -0.4 is 4.72 Å². The molecule has 2 aromatic carbocycles. The molecule has 0 spiro atoms. The number of rotatable bonds is 6. The highest BCUT2D eigenvalue weighted by atomic mass is 32.2. The molecule has 3 rings (SSSR count). The molecule has 0 aromatic heterocycles. The molecule has 2 aromatic rings. The van der Waals surface area contributed by atoms with Gasteiger partial charge in [-0.15, -0.1) is 0 Å². The van der Waals surface area contributed by atoms with Crippen molar-refractivity contribution in [1.29, 1.82) is 0 Å². The molecule has 1 aliphatic carbocycles. The number of carboxylic acids is 1. The average molecular weight is 345 g/mol. The fraction of sp³-hybridized carbons (Fsp3) is 0.278. The molecule has 0 atom stereocenters. The molecule has 0 radical (unpaired) electrons. The smallest absolute Gasteiger partial charge is 0.335 e. The summed E-state index contributed by atoms with van der Waals surface area (Å²) >= 11 is 0. The molecule has 0 saturated carbocycles. The van der Waals surface area contributed by atoms with Crippen LogP contribution in [0.15, 0.2) is 48.5 Å². The summed E-state index contributed by atoms with van der Waals surface area (Å²) in [6.07, 6.45) is 1.59. The molecule has 0 unspecified atom stereocenters. The lowest BCUT2D eigenvalue weighted by Crippen LogP contribution is -2.29. The molecule has 126 valence electrons. The van der Waals surface area contributed by atoms with Crippen LogP contribution in [0.5, 0.6) is 0 Å². The van der Waals surface area contributed by atoms with E-state index in [9.17, 15) is 13.2 Å². The minimum absolute atomic E-state index is 0.106. The molecule has 0 heterocycles. The van der Waals surface area contributed by atoms with E-state index in [2.05, 4.69) is 16.9 Å². The first-order valence-corrected chi connectivity index (χ1v) is 9.44. The second kappa shape index (κ2) is 6.75. The molecule has 2 N–H and O–H groups in total. The van der Waals surface area contributed by atoms with Crippen LogP contribution in [0.2, 0.25) is 0 Å². The highest BCUT2D eigenvalue weighted by Crippen LogP contribution is 2.27. The van der Waals surface area contributed by atoms with Gasteiger partial charge >= 0.3 is 5.97 Å². The third kappa shape index (κ3) is 4.01. The Labute approximate surface area is 141 Å². The van der Waals surface area contributed by atoms with Crippen LogP contribution in [0.3, 0.4) is 0 Å². The quantitative estimate of drug-likeness (QED) is 0.841. The molecule has 0 amide bonds. The SMILES string of the molecule is O=C(O)c1ccc(CNS(=O)(=O)CC2Cc3ccccc3C2)cc1. The van der Waals surface area contributed by atoms with Crippen molar-refractivity contribution in [2.24, 2.45) is 5.92 Å². The first kappa shape index (κ1) is 16.7. The maximum Gasteiger partial charge on any atom is 0.335 e. The zero-order valence-corrected chi connectivity index (χ0v) is 13.9. The largest absolute Gasteiger partial charge is 0.478 e. The zero-order valence-electron chi connectivity index (χ0n) is 13.1. The summed E-state index contributed by atoms with van der Waals surface area (Å²) in [7, 11) is -3.37. The number of fused-ring (bicyclic) bond motifs is 1. The number of carbonyl (C=O) groups is 1. The molecular weight excluding hydrogens is 326 g/mol. The van der Waals surface area contributed by atoms with Crippen LogP contribution in [0, 0.1) is 5.92 Å². The first-order chi connectivity index (χ1) is 11.4. The summed E-state index contributed by atoms with van der Waals surface area (Å²) in [5.41, 5.74) is 3.40. The highest BCUT2D eigenvalue weighted by Gasteiger charge is 2.25. The lowest BCUT2D eigenvalue weighted by molar-refractivity contribution is 0.0697. The van der Waals surface area contributed by atoms with Gasteiger partial charge in [0.25, 0.3) is 0 Å². The van der Waals surface area contributed by atoms with E-state index < -0.39 is 16.0 Å². The van der Waals surface area contributed by atoms with E-state index in [4.69, 9.17) is 5.11 Å². The van der Waals surface area contributed by atoms with E-state index in [0.29, 0.717) is 0 Å². The lowest BCUT2D eigenvalue weighted by Gasteiger charge is -2.11. The Morgan fingerprint density at radius 3 is 2.17 bits per heavy atom.